The predicted molar refractivity (Wildman–Crippen MR) is 107 cm³/mol. The second kappa shape index (κ2) is 10.4. The molecule has 1 aliphatic heterocycles. The highest BCUT2D eigenvalue weighted by Gasteiger charge is 2.22. The van der Waals surface area contributed by atoms with Crippen LogP contribution in [0.25, 0.3) is 11.4 Å². The number of nitrogens with one attached hydrogen (secondary N) is 2. The average Bonchev–Trinajstić information content (AvgIpc) is 3.24. The van der Waals surface area contributed by atoms with Gasteiger partial charge in [0.15, 0.2) is 0 Å². The molecular formula is C18H26Cl2N4O. The monoisotopic (exact) mass is 384 g/mol. The van der Waals surface area contributed by atoms with Gasteiger partial charge in [-0.05, 0) is 37.9 Å². The van der Waals surface area contributed by atoms with Crippen molar-refractivity contribution >= 4 is 36.4 Å². The summed E-state index contributed by atoms with van der Waals surface area (Å²) in [6.07, 6.45) is 8.10. The Balaban J connectivity index is 0.00000156. The van der Waals surface area contributed by atoms with Gasteiger partial charge in [-0.15, -0.1) is 24.8 Å². The minimum absolute atomic E-state index is 0. The molecule has 0 bridgehead atoms. The SMILES string of the molecule is CCCCn1ccnc1-c1cccc(NC(=O)C2CCCN2)c1.Cl.Cl. The van der Waals surface area contributed by atoms with Crippen molar-refractivity contribution in [2.24, 2.45) is 0 Å². The molecule has 1 saturated heterocycles. The molecule has 1 atom stereocenters. The molecule has 7 heteroatoms. The van der Waals surface area contributed by atoms with E-state index < -0.39 is 0 Å². The van der Waals surface area contributed by atoms with E-state index in [4.69, 9.17) is 0 Å². The lowest BCUT2D eigenvalue weighted by atomic mass is 10.1. The number of benzene rings is 1. The van der Waals surface area contributed by atoms with Gasteiger partial charge in [0.05, 0.1) is 6.04 Å². The van der Waals surface area contributed by atoms with Crippen LogP contribution in [-0.4, -0.2) is 28.0 Å². The highest BCUT2D eigenvalue weighted by molar-refractivity contribution is 5.95. The lowest BCUT2D eigenvalue weighted by Crippen LogP contribution is -2.35. The highest BCUT2D eigenvalue weighted by Crippen LogP contribution is 2.22. The Hall–Kier alpha value is -1.56. The molecule has 2 heterocycles. The largest absolute Gasteiger partial charge is 0.331 e. The van der Waals surface area contributed by atoms with Gasteiger partial charge in [-0.25, -0.2) is 4.98 Å². The summed E-state index contributed by atoms with van der Waals surface area (Å²) in [6.45, 7) is 4.07. The summed E-state index contributed by atoms with van der Waals surface area (Å²) in [4.78, 5) is 16.7. The van der Waals surface area contributed by atoms with Crippen molar-refractivity contribution in [2.75, 3.05) is 11.9 Å². The molecule has 1 amide bonds. The van der Waals surface area contributed by atoms with E-state index in [1.165, 1.54) is 0 Å². The number of hydrogen-bond donors (Lipinski definition) is 2. The zero-order valence-electron chi connectivity index (χ0n) is 14.4. The molecule has 2 aromatic rings. The highest BCUT2D eigenvalue weighted by atomic mass is 35.5. The first kappa shape index (κ1) is 21.5. The van der Waals surface area contributed by atoms with Gasteiger partial charge in [0.2, 0.25) is 5.91 Å². The molecule has 25 heavy (non-hydrogen) atoms. The number of nitrogens with zero attached hydrogens (tertiary/aromatic N) is 2. The molecule has 5 nitrogen and oxygen atoms in total. The van der Waals surface area contributed by atoms with Crippen LogP contribution >= 0.6 is 24.8 Å². The number of aromatic nitrogens is 2. The van der Waals surface area contributed by atoms with E-state index in [-0.39, 0.29) is 36.8 Å². The first-order valence-electron chi connectivity index (χ1n) is 8.43. The van der Waals surface area contributed by atoms with Gasteiger partial charge >= 0.3 is 0 Å². The van der Waals surface area contributed by atoms with Gasteiger partial charge in [-0.3, -0.25) is 4.79 Å². The van der Waals surface area contributed by atoms with Crippen LogP contribution in [0.4, 0.5) is 5.69 Å². The van der Waals surface area contributed by atoms with E-state index in [0.29, 0.717) is 0 Å². The van der Waals surface area contributed by atoms with Gasteiger partial charge in [-0.2, -0.15) is 0 Å². The normalized spacial score (nSPS) is 16.0. The average molecular weight is 385 g/mol. The summed E-state index contributed by atoms with van der Waals surface area (Å²) >= 11 is 0. The van der Waals surface area contributed by atoms with Gasteiger partial charge in [-0.1, -0.05) is 25.5 Å². The van der Waals surface area contributed by atoms with Gasteiger partial charge in [0.1, 0.15) is 5.82 Å². The summed E-state index contributed by atoms with van der Waals surface area (Å²) in [5.74, 6) is 1.00. The van der Waals surface area contributed by atoms with Crippen molar-refractivity contribution in [3.63, 3.8) is 0 Å². The lowest BCUT2D eigenvalue weighted by molar-refractivity contribution is -0.117. The Kier molecular flexibility index (Phi) is 8.97. The van der Waals surface area contributed by atoms with Crippen molar-refractivity contribution in [3.8, 4) is 11.4 Å². The van der Waals surface area contributed by atoms with Gasteiger partial charge in [0.25, 0.3) is 0 Å². The van der Waals surface area contributed by atoms with Crippen LogP contribution < -0.4 is 10.6 Å². The number of rotatable bonds is 6. The number of carbonyl (C=O) groups is 1. The number of halogens is 2. The van der Waals surface area contributed by atoms with E-state index in [1.807, 2.05) is 36.7 Å². The van der Waals surface area contributed by atoms with E-state index in [9.17, 15) is 4.79 Å². The minimum Gasteiger partial charge on any atom is -0.331 e. The van der Waals surface area contributed by atoms with Crippen LogP contribution in [-0.2, 0) is 11.3 Å². The van der Waals surface area contributed by atoms with Crippen molar-refractivity contribution < 1.29 is 4.79 Å². The van der Waals surface area contributed by atoms with Crippen LogP contribution in [0, 0.1) is 0 Å². The van der Waals surface area contributed by atoms with Crippen LogP contribution in [0.5, 0.6) is 0 Å². The van der Waals surface area contributed by atoms with E-state index in [0.717, 1.165) is 55.8 Å². The Morgan fingerprint density at radius 2 is 2.24 bits per heavy atom. The van der Waals surface area contributed by atoms with Gasteiger partial charge in [0, 0.05) is 30.2 Å². The Bertz CT molecular complexity index is 669. The third-order valence-electron chi connectivity index (χ3n) is 4.23. The Morgan fingerprint density at radius 3 is 2.96 bits per heavy atom. The molecular weight excluding hydrogens is 359 g/mol. The summed E-state index contributed by atoms with van der Waals surface area (Å²) in [7, 11) is 0. The zero-order valence-corrected chi connectivity index (χ0v) is 16.0. The van der Waals surface area contributed by atoms with Crippen molar-refractivity contribution in [2.45, 2.75) is 45.2 Å². The van der Waals surface area contributed by atoms with Crippen molar-refractivity contribution in [1.82, 2.24) is 14.9 Å². The van der Waals surface area contributed by atoms with E-state index >= 15 is 0 Å². The maximum atomic E-state index is 12.2. The molecule has 1 aliphatic rings. The van der Waals surface area contributed by atoms with Crippen molar-refractivity contribution in [3.05, 3.63) is 36.7 Å². The molecule has 3 rings (SSSR count). The molecule has 2 N–H and O–H groups in total. The standard InChI is InChI=1S/C18H24N4O.2ClH/c1-2-3-11-22-12-10-20-17(22)14-6-4-7-15(13-14)21-18(23)16-8-5-9-19-16;;/h4,6-7,10,12-13,16,19H,2-3,5,8-9,11H2,1H3,(H,21,23);2*1H. The zero-order chi connectivity index (χ0) is 16.1. The molecule has 1 fully saturated rings. The van der Waals surface area contributed by atoms with E-state index in [2.05, 4.69) is 27.1 Å². The topological polar surface area (TPSA) is 59.0 Å². The quantitative estimate of drug-likeness (QED) is 0.793. The number of amides is 1. The molecule has 0 radical (unpaired) electrons. The van der Waals surface area contributed by atoms with Gasteiger partial charge < -0.3 is 15.2 Å². The fraction of sp³-hybridized carbons (Fsp3) is 0.444. The van der Waals surface area contributed by atoms with Crippen molar-refractivity contribution in [1.29, 1.82) is 0 Å². The Labute approximate surface area is 161 Å². The minimum atomic E-state index is -0.0646. The summed E-state index contributed by atoms with van der Waals surface area (Å²) < 4.78 is 2.17. The fourth-order valence-corrected chi connectivity index (χ4v) is 2.95. The molecule has 0 saturated carbocycles. The number of carbonyl (C=O) groups excluding carboxylic acids is 1. The first-order chi connectivity index (χ1) is 11.3. The number of anilines is 1. The number of aryl methyl sites for hydroxylation is 1. The number of imidazole rings is 1. The maximum Gasteiger partial charge on any atom is 0.241 e. The molecule has 1 unspecified atom stereocenters. The second-order valence-corrected chi connectivity index (χ2v) is 6.02. The molecule has 1 aromatic carbocycles. The third kappa shape index (κ3) is 5.46. The molecule has 0 spiro atoms. The van der Waals surface area contributed by atoms with E-state index in [1.54, 1.807) is 0 Å². The second-order valence-electron chi connectivity index (χ2n) is 6.02. The number of hydrogen-bond acceptors (Lipinski definition) is 3. The van der Waals surface area contributed by atoms with Crippen LogP contribution in [0.1, 0.15) is 32.6 Å². The predicted octanol–water partition coefficient (Wildman–Crippen LogP) is 3.88. The van der Waals surface area contributed by atoms with Crippen LogP contribution in [0.2, 0.25) is 0 Å². The Morgan fingerprint density at radius 1 is 1.40 bits per heavy atom. The van der Waals surface area contributed by atoms with Crippen LogP contribution in [0.15, 0.2) is 36.7 Å². The summed E-state index contributed by atoms with van der Waals surface area (Å²) in [6, 6.07) is 7.86. The fourth-order valence-electron chi connectivity index (χ4n) is 2.95. The summed E-state index contributed by atoms with van der Waals surface area (Å²) in [5, 5.41) is 6.23. The lowest BCUT2D eigenvalue weighted by Gasteiger charge is -2.12. The first-order valence-corrected chi connectivity index (χ1v) is 8.43. The summed E-state index contributed by atoms with van der Waals surface area (Å²) in [5.41, 5.74) is 1.86. The maximum absolute atomic E-state index is 12.2. The molecule has 138 valence electrons. The number of unbranched alkanes of at least 4 members (excludes halogenated alkanes) is 1. The third-order valence-corrected chi connectivity index (χ3v) is 4.23. The van der Waals surface area contributed by atoms with Crippen LogP contribution in [0.3, 0.4) is 0 Å². The molecule has 1 aromatic heterocycles. The molecule has 0 aliphatic carbocycles. The smallest absolute Gasteiger partial charge is 0.241 e.